The second kappa shape index (κ2) is 4.80. The fourth-order valence-corrected chi connectivity index (χ4v) is 2.63. The second-order valence-electron chi connectivity index (χ2n) is 4.99. The number of aldehydes is 1. The van der Waals surface area contributed by atoms with Crippen molar-refractivity contribution in [2.24, 2.45) is 0 Å². The third-order valence-electron chi connectivity index (χ3n) is 3.67. The van der Waals surface area contributed by atoms with E-state index in [2.05, 4.69) is 4.98 Å². The maximum absolute atomic E-state index is 11.5. The summed E-state index contributed by atoms with van der Waals surface area (Å²) in [7, 11) is 0. The molecule has 3 heteroatoms. The summed E-state index contributed by atoms with van der Waals surface area (Å²) in [4.78, 5) is 14.8. The highest BCUT2D eigenvalue weighted by Gasteiger charge is 2.14. The van der Waals surface area contributed by atoms with Gasteiger partial charge in [-0.25, -0.2) is 0 Å². The molecule has 0 aliphatic rings. The molecule has 0 saturated heterocycles. The van der Waals surface area contributed by atoms with Gasteiger partial charge in [0.25, 0.3) is 0 Å². The quantitative estimate of drug-likeness (QED) is 0.666. The molecule has 1 N–H and O–H groups in total. The zero-order chi connectivity index (χ0) is 14.3. The first kappa shape index (κ1) is 12.9. The van der Waals surface area contributed by atoms with E-state index in [0.29, 0.717) is 10.6 Å². The first-order valence-electron chi connectivity index (χ1n) is 6.45. The monoisotopic (exact) mass is 283 g/mol. The third kappa shape index (κ3) is 1.93. The Morgan fingerprint density at radius 1 is 1.05 bits per heavy atom. The lowest BCUT2D eigenvalue weighted by atomic mass is 10.0. The Morgan fingerprint density at radius 3 is 2.40 bits per heavy atom. The zero-order valence-corrected chi connectivity index (χ0v) is 12.1. The Labute approximate surface area is 122 Å². The summed E-state index contributed by atoms with van der Waals surface area (Å²) < 4.78 is 0. The molecule has 0 aliphatic heterocycles. The first-order valence-corrected chi connectivity index (χ1v) is 6.82. The summed E-state index contributed by atoms with van der Waals surface area (Å²) in [5.74, 6) is 0. The van der Waals surface area contributed by atoms with Gasteiger partial charge in [-0.3, -0.25) is 4.79 Å². The number of benzene rings is 2. The van der Waals surface area contributed by atoms with Crippen LogP contribution in [-0.2, 0) is 0 Å². The number of carbonyl (C=O) groups excluding carboxylic acids is 1. The highest BCUT2D eigenvalue weighted by molar-refractivity contribution is 6.32. The van der Waals surface area contributed by atoms with Crippen molar-refractivity contribution >= 4 is 28.8 Å². The van der Waals surface area contributed by atoms with E-state index in [1.165, 1.54) is 5.56 Å². The van der Waals surface area contributed by atoms with E-state index in [9.17, 15) is 4.79 Å². The predicted molar refractivity (Wildman–Crippen MR) is 83.6 cm³/mol. The molecule has 0 atom stereocenters. The van der Waals surface area contributed by atoms with E-state index in [1.807, 2.05) is 50.2 Å². The Morgan fingerprint density at radius 2 is 1.75 bits per heavy atom. The van der Waals surface area contributed by atoms with Crippen LogP contribution in [-0.4, -0.2) is 11.3 Å². The summed E-state index contributed by atoms with van der Waals surface area (Å²) in [6.45, 7) is 3.99. The first-order chi connectivity index (χ1) is 9.61. The normalized spacial score (nSPS) is 10.9. The van der Waals surface area contributed by atoms with Gasteiger partial charge in [-0.2, -0.15) is 0 Å². The average molecular weight is 284 g/mol. The van der Waals surface area contributed by atoms with Gasteiger partial charge in [0.2, 0.25) is 0 Å². The summed E-state index contributed by atoms with van der Waals surface area (Å²) in [6.07, 6.45) is 0.904. The number of nitrogens with one attached hydrogen (secondary N) is 1. The van der Waals surface area contributed by atoms with Crippen LogP contribution in [0.4, 0.5) is 0 Å². The van der Waals surface area contributed by atoms with Gasteiger partial charge in [-0.1, -0.05) is 47.5 Å². The number of rotatable bonds is 2. The predicted octanol–water partition coefficient (Wildman–Crippen LogP) is 4.92. The fraction of sp³-hybridized carbons (Fsp3) is 0.118. The Kier molecular flexibility index (Phi) is 3.11. The minimum atomic E-state index is 0.684. The minimum Gasteiger partial charge on any atom is -0.354 e. The molecule has 2 nitrogen and oxygen atoms in total. The van der Waals surface area contributed by atoms with Gasteiger partial charge >= 0.3 is 0 Å². The van der Waals surface area contributed by atoms with Crippen LogP contribution in [0.3, 0.4) is 0 Å². The number of hydrogen-bond donors (Lipinski definition) is 1. The zero-order valence-electron chi connectivity index (χ0n) is 11.3. The smallest absolute Gasteiger partial charge is 0.152 e. The van der Waals surface area contributed by atoms with Crippen molar-refractivity contribution in [2.45, 2.75) is 13.8 Å². The van der Waals surface area contributed by atoms with Crippen molar-refractivity contribution in [1.82, 2.24) is 4.98 Å². The van der Waals surface area contributed by atoms with Crippen LogP contribution in [0.1, 0.15) is 21.5 Å². The molecular formula is C17H14ClNO. The summed E-state index contributed by atoms with van der Waals surface area (Å²) in [5.41, 5.74) is 5.62. The van der Waals surface area contributed by atoms with Gasteiger partial charge in [0.05, 0.1) is 11.2 Å². The molecule has 3 rings (SSSR count). The standard InChI is InChI=1S/C17H14ClNO/c1-10-3-5-12(6-4-10)17-14(9-20)13-7-8-15(18)11(2)16(13)19-17/h3-9,19H,1-2H3. The molecule has 0 fully saturated rings. The van der Waals surface area contributed by atoms with Gasteiger partial charge in [0.1, 0.15) is 0 Å². The molecule has 0 aliphatic carbocycles. The van der Waals surface area contributed by atoms with Crippen LogP contribution in [0.2, 0.25) is 5.02 Å². The maximum Gasteiger partial charge on any atom is 0.152 e. The minimum absolute atomic E-state index is 0.684. The van der Waals surface area contributed by atoms with Crippen LogP contribution in [0.5, 0.6) is 0 Å². The fourth-order valence-electron chi connectivity index (χ4n) is 2.47. The molecule has 1 aromatic heterocycles. The summed E-state index contributed by atoms with van der Waals surface area (Å²) >= 11 is 6.15. The van der Waals surface area contributed by atoms with Crippen molar-refractivity contribution in [3.05, 3.63) is 58.1 Å². The number of carbonyl (C=O) groups is 1. The van der Waals surface area contributed by atoms with Gasteiger partial charge in [0, 0.05) is 16.0 Å². The molecule has 0 bridgehead atoms. The molecule has 0 unspecified atom stereocenters. The van der Waals surface area contributed by atoms with Gasteiger partial charge in [-0.15, -0.1) is 0 Å². The Bertz CT molecular complexity index is 800. The highest BCUT2D eigenvalue weighted by atomic mass is 35.5. The molecule has 2 aromatic carbocycles. The lowest BCUT2D eigenvalue weighted by molar-refractivity contribution is 0.112. The molecule has 0 saturated carbocycles. The molecule has 0 amide bonds. The molecule has 100 valence electrons. The van der Waals surface area contributed by atoms with E-state index in [-0.39, 0.29) is 0 Å². The maximum atomic E-state index is 11.5. The molecule has 1 heterocycles. The van der Waals surface area contributed by atoms with Crippen LogP contribution in [0.15, 0.2) is 36.4 Å². The van der Waals surface area contributed by atoms with Crippen molar-refractivity contribution in [3.63, 3.8) is 0 Å². The van der Waals surface area contributed by atoms with Crippen molar-refractivity contribution < 1.29 is 4.79 Å². The third-order valence-corrected chi connectivity index (χ3v) is 4.08. The van der Waals surface area contributed by atoms with Crippen molar-refractivity contribution in [3.8, 4) is 11.3 Å². The largest absolute Gasteiger partial charge is 0.354 e. The number of aromatic nitrogens is 1. The van der Waals surface area contributed by atoms with E-state index < -0.39 is 0 Å². The number of aromatic amines is 1. The topological polar surface area (TPSA) is 32.9 Å². The lowest BCUT2D eigenvalue weighted by Gasteiger charge is -2.00. The summed E-state index contributed by atoms with van der Waals surface area (Å²) in [6, 6.07) is 11.8. The van der Waals surface area contributed by atoms with Gasteiger partial charge < -0.3 is 4.98 Å². The van der Waals surface area contributed by atoms with Crippen LogP contribution >= 0.6 is 11.6 Å². The number of hydrogen-bond acceptors (Lipinski definition) is 1. The average Bonchev–Trinajstić information content (AvgIpc) is 2.83. The van der Waals surface area contributed by atoms with Crippen LogP contribution in [0.25, 0.3) is 22.2 Å². The summed E-state index contributed by atoms with van der Waals surface area (Å²) in [5, 5.41) is 1.61. The molecule has 3 aromatic rings. The molecule has 0 radical (unpaired) electrons. The number of aryl methyl sites for hydroxylation is 2. The SMILES string of the molecule is Cc1ccc(-c2[nH]c3c(C)c(Cl)ccc3c2C=O)cc1. The van der Waals surface area contributed by atoms with E-state index in [0.717, 1.165) is 34.0 Å². The second-order valence-corrected chi connectivity index (χ2v) is 5.40. The number of halogens is 1. The molecule has 20 heavy (non-hydrogen) atoms. The number of H-pyrrole nitrogens is 1. The van der Waals surface area contributed by atoms with Gasteiger partial charge in [-0.05, 0) is 31.0 Å². The van der Waals surface area contributed by atoms with Crippen molar-refractivity contribution in [2.75, 3.05) is 0 Å². The molecule has 0 spiro atoms. The van der Waals surface area contributed by atoms with Crippen LogP contribution < -0.4 is 0 Å². The molecular weight excluding hydrogens is 270 g/mol. The lowest BCUT2D eigenvalue weighted by Crippen LogP contribution is -1.84. The van der Waals surface area contributed by atoms with E-state index >= 15 is 0 Å². The van der Waals surface area contributed by atoms with Gasteiger partial charge in [0.15, 0.2) is 6.29 Å². The van der Waals surface area contributed by atoms with E-state index in [4.69, 9.17) is 11.6 Å². The van der Waals surface area contributed by atoms with E-state index in [1.54, 1.807) is 0 Å². The number of fused-ring (bicyclic) bond motifs is 1. The highest BCUT2D eigenvalue weighted by Crippen LogP contribution is 2.33. The van der Waals surface area contributed by atoms with Crippen LogP contribution in [0, 0.1) is 13.8 Å². The Hall–Kier alpha value is -2.06. The van der Waals surface area contributed by atoms with Crippen molar-refractivity contribution in [1.29, 1.82) is 0 Å². The Balaban J connectivity index is 2.33.